The largest absolute Gasteiger partial charge is 0.416 e. The molecule has 1 atom stereocenters. The van der Waals surface area contributed by atoms with Crippen LogP contribution in [-0.2, 0) is 12.7 Å². The van der Waals surface area contributed by atoms with Crippen LogP contribution in [-0.4, -0.2) is 17.6 Å². The molecule has 0 saturated carbocycles. The number of rotatable bonds is 3. The first-order valence-corrected chi connectivity index (χ1v) is 7.87. The van der Waals surface area contributed by atoms with E-state index >= 15 is 0 Å². The minimum Gasteiger partial charge on any atom is -0.284 e. The molecule has 7 heteroatoms. The number of hydrogen-bond acceptors (Lipinski definition) is 1. The molecular weight excluding hydrogens is 356 g/mol. The average molecular weight is 371 g/mol. The van der Waals surface area contributed by atoms with Gasteiger partial charge in [0.15, 0.2) is 0 Å². The standard InChI is InChI=1S/C19H15F6N/c20-18(21,22)15-8-6-14(7-9-15)17-10-16(19(23,24)25)12-26(17)11-13-4-2-1-3-5-13/h1-10,17H,11-12H2. The van der Waals surface area contributed by atoms with Crippen molar-refractivity contribution in [3.05, 3.63) is 82.9 Å². The van der Waals surface area contributed by atoms with Crippen molar-refractivity contribution in [2.24, 2.45) is 0 Å². The summed E-state index contributed by atoms with van der Waals surface area (Å²) in [5.41, 5.74) is -0.276. The van der Waals surface area contributed by atoms with Gasteiger partial charge >= 0.3 is 12.4 Å². The summed E-state index contributed by atoms with van der Waals surface area (Å²) in [5.74, 6) is 0. The molecular formula is C19H15F6N. The zero-order chi connectivity index (χ0) is 18.9. The van der Waals surface area contributed by atoms with Crippen LogP contribution in [0.5, 0.6) is 0 Å². The van der Waals surface area contributed by atoms with Gasteiger partial charge < -0.3 is 0 Å². The van der Waals surface area contributed by atoms with Crippen LogP contribution in [0.4, 0.5) is 26.3 Å². The summed E-state index contributed by atoms with van der Waals surface area (Å²) in [6.07, 6.45) is -7.86. The summed E-state index contributed by atoms with van der Waals surface area (Å²) >= 11 is 0. The molecule has 0 amide bonds. The Morgan fingerprint density at radius 3 is 1.96 bits per heavy atom. The van der Waals surface area contributed by atoms with E-state index < -0.39 is 29.5 Å². The lowest BCUT2D eigenvalue weighted by Gasteiger charge is -2.25. The van der Waals surface area contributed by atoms with Gasteiger partial charge in [0, 0.05) is 18.7 Å². The van der Waals surface area contributed by atoms with Crippen molar-refractivity contribution in [2.45, 2.75) is 24.9 Å². The summed E-state index contributed by atoms with van der Waals surface area (Å²) in [6.45, 7) is -0.0350. The van der Waals surface area contributed by atoms with E-state index in [1.165, 1.54) is 12.1 Å². The average Bonchev–Trinajstić information content (AvgIpc) is 2.99. The Balaban J connectivity index is 1.90. The molecule has 3 rings (SSSR count). The molecule has 1 aliphatic heterocycles. The minimum absolute atomic E-state index is 0.266. The van der Waals surface area contributed by atoms with Crippen molar-refractivity contribution in [3.8, 4) is 0 Å². The fraction of sp³-hybridized carbons (Fsp3) is 0.263. The van der Waals surface area contributed by atoms with Crippen LogP contribution >= 0.6 is 0 Å². The maximum absolute atomic E-state index is 13.1. The van der Waals surface area contributed by atoms with Gasteiger partial charge in [-0.05, 0) is 23.3 Å². The number of alkyl halides is 6. The van der Waals surface area contributed by atoms with Crippen LogP contribution in [0.25, 0.3) is 0 Å². The van der Waals surface area contributed by atoms with Crippen molar-refractivity contribution < 1.29 is 26.3 Å². The Labute approximate surface area is 146 Å². The summed E-state index contributed by atoms with van der Waals surface area (Å²) in [7, 11) is 0. The second-order valence-electron chi connectivity index (χ2n) is 6.14. The highest BCUT2D eigenvalue weighted by atomic mass is 19.4. The number of benzene rings is 2. The lowest BCUT2D eigenvalue weighted by Crippen LogP contribution is -2.26. The van der Waals surface area contributed by atoms with Crippen LogP contribution in [0.1, 0.15) is 22.7 Å². The Hall–Kier alpha value is -2.28. The third-order valence-electron chi connectivity index (χ3n) is 4.30. The van der Waals surface area contributed by atoms with Crippen LogP contribution in [0, 0.1) is 0 Å². The molecule has 0 aromatic heterocycles. The predicted molar refractivity (Wildman–Crippen MR) is 85.2 cm³/mol. The Bertz CT molecular complexity index is 774. The first kappa shape index (κ1) is 18.5. The zero-order valence-corrected chi connectivity index (χ0v) is 13.5. The van der Waals surface area contributed by atoms with E-state index in [2.05, 4.69) is 0 Å². The highest BCUT2D eigenvalue weighted by Gasteiger charge is 2.40. The molecule has 0 spiro atoms. The van der Waals surface area contributed by atoms with E-state index in [0.29, 0.717) is 5.56 Å². The van der Waals surface area contributed by atoms with Crippen LogP contribution in [0.2, 0.25) is 0 Å². The molecule has 1 nitrogen and oxygen atoms in total. The second-order valence-corrected chi connectivity index (χ2v) is 6.14. The van der Waals surface area contributed by atoms with Crippen molar-refractivity contribution in [3.63, 3.8) is 0 Å². The van der Waals surface area contributed by atoms with Gasteiger partial charge in [-0.3, -0.25) is 4.90 Å². The van der Waals surface area contributed by atoms with Crippen LogP contribution < -0.4 is 0 Å². The first-order valence-electron chi connectivity index (χ1n) is 7.87. The minimum atomic E-state index is -4.48. The quantitative estimate of drug-likeness (QED) is 0.490. The highest BCUT2D eigenvalue weighted by Crippen LogP contribution is 2.39. The highest BCUT2D eigenvalue weighted by molar-refractivity contribution is 5.34. The molecule has 1 unspecified atom stereocenters. The van der Waals surface area contributed by atoms with Gasteiger partial charge in [0.05, 0.1) is 11.6 Å². The smallest absolute Gasteiger partial charge is 0.284 e. The van der Waals surface area contributed by atoms with Gasteiger partial charge in [-0.2, -0.15) is 26.3 Å². The third kappa shape index (κ3) is 4.09. The number of halogens is 6. The Morgan fingerprint density at radius 1 is 0.808 bits per heavy atom. The zero-order valence-electron chi connectivity index (χ0n) is 13.5. The molecule has 0 saturated heterocycles. The van der Waals surface area contributed by atoms with E-state index in [-0.39, 0.29) is 13.1 Å². The predicted octanol–water partition coefficient (Wildman–Crippen LogP) is 5.75. The fourth-order valence-corrected chi connectivity index (χ4v) is 3.00. The molecule has 26 heavy (non-hydrogen) atoms. The van der Waals surface area contributed by atoms with Gasteiger partial charge in [0.25, 0.3) is 0 Å². The molecule has 2 aromatic carbocycles. The Kier molecular flexibility index (Phi) is 4.84. The maximum atomic E-state index is 13.1. The van der Waals surface area contributed by atoms with Crippen molar-refractivity contribution in [1.29, 1.82) is 0 Å². The van der Waals surface area contributed by atoms with Crippen LogP contribution in [0.15, 0.2) is 66.2 Å². The normalized spacial score (nSPS) is 18.8. The summed E-state index contributed by atoms with van der Waals surface area (Å²) in [6, 6.07) is 12.5. The lowest BCUT2D eigenvalue weighted by atomic mass is 10.0. The molecule has 0 aliphatic carbocycles. The van der Waals surface area contributed by atoms with E-state index in [1.807, 2.05) is 0 Å². The fourth-order valence-electron chi connectivity index (χ4n) is 3.00. The molecule has 2 aromatic rings. The van der Waals surface area contributed by atoms with Gasteiger partial charge in [-0.15, -0.1) is 0 Å². The lowest BCUT2D eigenvalue weighted by molar-refractivity contribution is -0.137. The van der Waals surface area contributed by atoms with Crippen molar-refractivity contribution in [2.75, 3.05) is 6.54 Å². The third-order valence-corrected chi connectivity index (χ3v) is 4.30. The van der Waals surface area contributed by atoms with Crippen molar-refractivity contribution >= 4 is 0 Å². The Morgan fingerprint density at radius 2 is 1.42 bits per heavy atom. The molecule has 138 valence electrons. The van der Waals surface area contributed by atoms with E-state index in [1.54, 1.807) is 35.2 Å². The molecule has 0 bridgehead atoms. The number of hydrogen-bond donors (Lipinski definition) is 0. The van der Waals surface area contributed by atoms with E-state index in [0.717, 1.165) is 23.8 Å². The molecule has 0 fully saturated rings. The molecule has 0 N–H and O–H groups in total. The maximum Gasteiger partial charge on any atom is 0.416 e. The summed E-state index contributed by atoms with van der Waals surface area (Å²) in [5, 5.41) is 0. The van der Waals surface area contributed by atoms with Crippen LogP contribution in [0.3, 0.4) is 0 Å². The SMILES string of the molecule is FC(F)(F)C1=CC(c2ccc(C(F)(F)F)cc2)N(Cc2ccccc2)C1. The van der Waals surface area contributed by atoms with Crippen molar-refractivity contribution in [1.82, 2.24) is 4.90 Å². The van der Waals surface area contributed by atoms with Gasteiger partial charge in [0.2, 0.25) is 0 Å². The molecule has 0 radical (unpaired) electrons. The molecule has 1 aliphatic rings. The topological polar surface area (TPSA) is 3.24 Å². The van der Waals surface area contributed by atoms with E-state index in [9.17, 15) is 26.3 Å². The summed E-state index contributed by atoms with van der Waals surface area (Å²) < 4.78 is 77.5. The second kappa shape index (κ2) is 6.79. The monoisotopic (exact) mass is 371 g/mol. The van der Waals surface area contributed by atoms with E-state index in [4.69, 9.17) is 0 Å². The molecule has 1 heterocycles. The van der Waals surface area contributed by atoms with Gasteiger partial charge in [0.1, 0.15) is 0 Å². The van der Waals surface area contributed by atoms with Gasteiger partial charge in [-0.25, -0.2) is 0 Å². The van der Waals surface area contributed by atoms with Gasteiger partial charge in [-0.1, -0.05) is 48.5 Å². The number of nitrogens with zero attached hydrogens (tertiary/aromatic N) is 1. The first-order chi connectivity index (χ1) is 12.1. The summed E-state index contributed by atoms with van der Waals surface area (Å²) in [4.78, 5) is 1.60.